The minimum atomic E-state index is -4.66. The Labute approximate surface area is 506 Å². The number of phosphoric acid groups is 1. The largest absolute Gasteiger partial charge is 0.756 e. The third-order valence-corrected chi connectivity index (χ3v) is 15.2. The second kappa shape index (κ2) is 62.2. The van der Waals surface area contributed by atoms with Gasteiger partial charge < -0.3 is 27.9 Å². The first-order valence-corrected chi connectivity index (χ1v) is 35.1. The maximum Gasteiger partial charge on any atom is 0.306 e. The average molecular weight is 1160 g/mol. The number of phosphoric ester groups is 1. The molecular formula is C72H126NO8P. The first kappa shape index (κ1) is 78.7. The summed E-state index contributed by atoms with van der Waals surface area (Å²) in [6.45, 7) is 4.11. The van der Waals surface area contributed by atoms with Gasteiger partial charge in [-0.25, -0.2) is 0 Å². The fourth-order valence-electron chi connectivity index (χ4n) is 9.14. The summed E-state index contributed by atoms with van der Waals surface area (Å²) < 4.78 is 34.2. The molecule has 2 atom stereocenters. The van der Waals surface area contributed by atoms with Crippen molar-refractivity contribution in [2.45, 2.75) is 290 Å². The molecule has 0 rings (SSSR count). The van der Waals surface area contributed by atoms with Crippen molar-refractivity contribution in [3.05, 3.63) is 109 Å². The van der Waals surface area contributed by atoms with E-state index in [-0.39, 0.29) is 32.0 Å². The van der Waals surface area contributed by atoms with Gasteiger partial charge in [0.25, 0.3) is 7.82 Å². The normalized spacial score (nSPS) is 13.9. The summed E-state index contributed by atoms with van der Waals surface area (Å²) in [6.07, 6.45) is 87.3. The monoisotopic (exact) mass is 1160 g/mol. The number of hydrogen-bond donors (Lipinski definition) is 0. The Kier molecular flexibility index (Phi) is 59.7. The fraction of sp³-hybridized carbons (Fsp3) is 0.722. The number of hydrogen-bond acceptors (Lipinski definition) is 8. The highest BCUT2D eigenvalue weighted by Crippen LogP contribution is 2.38. The van der Waals surface area contributed by atoms with Gasteiger partial charge in [0, 0.05) is 12.8 Å². The topological polar surface area (TPSA) is 111 Å². The number of rotatable bonds is 61. The Morgan fingerprint density at radius 3 is 1.05 bits per heavy atom. The Morgan fingerprint density at radius 1 is 0.390 bits per heavy atom. The van der Waals surface area contributed by atoms with Gasteiger partial charge in [0.15, 0.2) is 6.10 Å². The van der Waals surface area contributed by atoms with Crippen molar-refractivity contribution in [2.75, 3.05) is 47.5 Å². The lowest BCUT2D eigenvalue weighted by Gasteiger charge is -2.28. The summed E-state index contributed by atoms with van der Waals surface area (Å²) in [5, 5.41) is 0. The maximum atomic E-state index is 12.8. The zero-order valence-electron chi connectivity index (χ0n) is 53.7. The minimum absolute atomic E-state index is 0.0409. The molecule has 0 aromatic heterocycles. The van der Waals surface area contributed by atoms with Crippen LogP contribution in [0.5, 0.6) is 0 Å². The molecule has 0 aromatic carbocycles. The minimum Gasteiger partial charge on any atom is -0.756 e. The molecule has 2 unspecified atom stereocenters. The van der Waals surface area contributed by atoms with E-state index >= 15 is 0 Å². The van der Waals surface area contributed by atoms with Crippen molar-refractivity contribution in [1.82, 2.24) is 0 Å². The lowest BCUT2D eigenvalue weighted by molar-refractivity contribution is -0.870. The second-order valence-electron chi connectivity index (χ2n) is 23.5. The number of quaternary nitrogens is 1. The summed E-state index contributed by atoms with van der Waals surface area (Å²) in [4.78, 5) is 38.0. The van der Waals surface area contributed by atoms with Crippen LogP contribution in [0.25, 0.3) is 0 Å². The number of allylic oxidation sites excluding steroid dienone is 18. The van der Waals surface area contributed by atoms with Gasteiger partial charge in [-0.3, -0.25) is 14.2 Å². The molecule has 0 aliphatic carbocycles. The van der Waals surface area contributed by atoms with Crippen LogP contribution in [0.15, 0.2) is 109 Å². The number of carbonyl (C=O) groups excluding carboxylic acids is 2. The van der Waals surface area contributed by atoms with Gasteiger partial charge in [-0.1, -0.05) is 277 Å². The number of unbranched alkanes of at least 4 members (excludes halogenated alkanes) is 29. The molecule has 0 aromatic rings. The van der Waals surface area contributed by atoms with E-state index in [0.717, 1.165) is 96.3 Å². The molecule has 0 aliphatic heterocycles. The molecule has 0 radical (unpaired) electrons. The van der Waals surface area contributed by atoms with E-state index in [1.807, 2.05) is 21.1 Å². The molecule has 0 spiro atoms. The summed E-state index contributed by atoms with van der Waals surface area (Å²) in [5.41, 5.74) is 0. The summed E-state index contributed by atoms with van der Waals surface area (Å²) >= 11 is 0. The molecule has 0 heterocycles. The molecule has 472 valence electrons. The molecule has 9 nitrogen and oxygen atoms in total. The molecule has 0 saturated carbocycles. The number of carbonyl (C=O) groups is 2. The van der Waals surface area contributed by atoms with Crippen LogP contribution in [0, 0.1) is 0 Å². The zero-order chi connectivity index (χ0) is 59.8. The van der Waals surface area contributed by atoms with Crippen molar-refractivity contribution < 1.29 is 42.1 Å². The van der Waals surface area contributed by atoms with Crippen molar-refractivity contribution >= 4 is 19.8 Å². The van der Waals surface area contributed by atoms with Crippen LogP contribution in [0.1, 0.15) is 284 Å². The van der Waals surface area contributed by atoms with Gasteiger partial charge in [-0.15, -0.1) is 0 Å². The van der Waals surface area contributed by atoms with Gasteiger partial charge in [-0.2, -0.15) is 0 Å². The lowest BCUT2D eigenvalue weighted by Crippen LogP contribution is -2.37. The lowest BCUT2D eigenvalue weighted by atomic mass is 10.0. The van der Waals surface area contributed by atoms with E-state index in [1.54, 1.807) is 0 Å². The zero-order valence-corrected chi connectivity index (χ0v) is 54.6. The van der Waals surface area contributed by atoms with E-state index in [4.69, 9.17) is 18.5 Å². The first-order valence-electron chi connectivity index (χ1n) is 33.6. The number of nitrogens with zero attached hydrogens (tertiary/aromatic N) is 1. The van der Waals surface area contributed by atoms with E-state index in [2.05, 4.69) is 123 Å². The van der Waals surface area contributed by atoms with E-state index in [1.165, 1.54) is 154 Å². The van der Waals surface area contributed by atoms with Crippen LogP contribution < -0.4 is 4.89 Å². The van der Waals surface area contributed by atoms with Crippen LogP contribution in [-0.4, -0.2) is 70.0 Å². The summed E-state index contributed by atoms with van der Waals surface area (Å²) in [7, 11) is 1.14. The van der Waals surface area contributed by atoms with Gasteiger partial charge in [0.1, 0.15) is 19.8 Å². The van der Waals surface area contributed by atoms with Crippen molar-refractivity contribution in [2.24, 2.45) is 0 Å². The van der Waals surface area contributed by atoms with Gasteiger partial charge in [0.05, 0.1) is 27.7 Å². The highest BCUT2D eigenvalue weighted by atomic mass is 31.2. The maximum absolute atomic E-state index is 12.8. The van der Waals surface area contributed by atoms with Gasteiger partial charge in [-0.05, 0) is 103 Å². The van der Waals surface area contributed by atoms with Crippen LogP contribution in [0.2, 0.25) is 0 Å². The Morgan fingerprint density at radius 2 is 0.695 bits per heavy atom. The quantitative estimate of drug-likeness (QED) is 0.0195. The molecule has 0 bridgehead atoms. The third-order valence-electron chi connectivity index (χ3n) is 14.3. The van der Waals surface area contributed by atoms with Crippen LogP contribution in [-0.2, 0) is 32.7 Å². The Hall–Kier alpha value is -3.33. The second-order valence-corrected chi connectivity index (χ2v) is 24.9. The highest BCUT2D eigenvalue weighted by molar-refractivity contribution is 7.45. The summed E-state index contributed by atoms with van der Waals surface area (Å²) in [6, 6.07) is 0. The average Bonchev–Trinajstić information content (AvgIpc) is 3.45. The molecule has 0 aliphatic rings. The SMILES string of the molecule is CC/C=C\C/C=C\C/C=C\C/C=C\C/C=C\C/C=C\C/C=C\C/C=C\CCCCCCC(=O)OC(COC(=O)CCCCCCCCCCCCCCCCCCC/C=C\CCCCCCCCCC)COP(=O)([O-])OCC[N+](C)(C)C. The van der Waals surface area contributed by atoms with Crippen LogP contribution in [0.4, 0.5) is 0 Å². The van der Waals surface area contributed by atoms with Crippen LogP contribution in [0.3, 0.4) is 0 Å². The smallest absolute Gasteiger partial charge is 0.306 e. The molecule has 0 amide bonds. The molecule has 0 N–H and O–H groups in total. The van der Waals surface area contributed by atoms with Crippen LogP contribution >= 0.6 is 7.82 Å². The van der Waals surface area contributed by atoms with E-state index in [0.29, 0.717) is 17.4 Å². The van der Waals surface area contributed by atoms with Gasteiger partial charge >= 0.3 is 11.9 Å². The van der Waals surface area contributed by atoms with E-state index < -0.39 is 26.5 Å². The fourth-order valence-corrected chi connectivity index (χ4v) is 9.87. The summed E-state index contributed by atoms with van der Waals surface area (Å²) in [5.74, 6) is -0.861. The first-order chi connectivity index (χ1) is 40.0. The van der Waals surface area contributed by atoms with Crippen molar-refractivity contribution in [3.8, 4) is 0 Å². The van der Waals surface area contributed by atoms with E-state index in [9.17, 15) is 19.0 Å². The Balaban J connectivity index is 4.15. The van der Waals surface area contributed by atoms with Crippen molar-refractivity contribution in [3.63, 3.8) is 0 Å². The molecule has 10 heteroatoms. The highest BCUT2D eigenvalue weighted by Gasteiger charge is 2.22. The molecule has 0 saturated heterocycles. The van der Waals surface area contributed by atoms with Gasteiger partial charge in [0.2, 0.25) is 0 Å². The Bertz CT molecular complexity index is 1750. The standard InChI is InChI=1S/C72H126NO8P/c1-6-8-10-12-14-16-18-20-22-24-26-28-30-32-34-36-38-40-42-44-46-48-50-52-54-56-58-60-62-64-71(74)78-68-70(69-80-82(76,77)79-67-66-73(3,4)5)81-72(75)65-63-61-59-57-55-53-51-49-47-45-43-41-39-37-35-33-31-29-27-25-23-21-19-17-15-13-11-9-7-2/h9,11,15,17,21,23-24,26-27,29,33,35,39,41,45,47,51,53,70H,6-8,10,12-14,16,18-20,22,25,28,30-32,34,36-38,40,42-44,46,48-50,52,54-69H2,1-5H3/b11-9-,17-15-,23-21-,26-24-,29-27-,35-33-,41-39-,47-45-,53-51-. The number of ether oxygens (including phenoxy) is 2. The van der Waals surface area contributed by atoms with Crippen molar-refractivity contribution in [1.29, 1.82) is 0 Å². The third kappa shape index (κ3) is 65.8. The predicted octanol–water partition coefficient (Wildman–Crippen LogP) is 21.1. The molecular weight excluding hydrogens is 1040 g/mol. The molecule has 0 fully saturated rings. The molecule has 82 heavy (non-hydrogen) atoms. The predicted molar refractivity (Wildman–Crippen MR) is 351 cm³/mol. The number of likely N-dealkylation sites (N-methyl/N-ethyl adjacent to an activating group) is 1. The number of esters is 2.